The Hall–Kier alpha value is -3.43. The number of carboxylic acids is 1. The van der Waals surface area contributed by atoms with Gasteiger partial charge in [0, 0.05) is 11.1 Å². The summed E-state index contributed by atoms with van der Waals surface area (Å²) in [4.78, 5) is 27.5. The lowest BCUT2D eigenvalue weighted by molar-refractivity contribution is -0.145. The molecule has 3 unspecified atom stereocenters. The largest absolute Gasteiger partial charge is 0.541 e. The lowest BCUT2D eigenvalue weighted by Crippen LogP contribution is -2.53. The van der Waals surface area contributed by atoms with Gasteiger partial charge in [0.1, 0.15) is 5.82 Å². The van der Waals surface area contributed by atoms with E-state index in [1.54, 1.807) is 0 Å². The van der Waals surface area contributed by atoms with Crippen LogP contribution in [0.4, 0.5) is 4.39 Å². The maximum Gasteiger partial charge on any atom is 0.541 e. The van der Waals surface area contributed by atoms with Gasteiger partial charge in [0.25, 0.3) is 0 Å². The zero-order valence-electron chi connectivity index (χ0n) is 20.5. The van der Waals surface area contributed by atoms with Crippen molar-refractivity contribution in [2.45, 2.75) is 50.8 Å². The molecular formula is C28H28FNO5P+. The lowest BCUT2D eigenvalue weighted by Gasteiger charge is -2.35. The van der Waals surface area contributed by atoms with Gasteiger partial charge in [-0.05, 0) is 58.6 Å². The monoisotopic (exact) mass is 508 g/mol. The Labute approximate surface area is 210 Å². The summed E-state index contributed by atoms with van der Waals surface area (Å²) in [5.74, 6) is -0.722. The Kier molecular flexibility index (Phi) is 7.76. The van der Waals surface area contributed by atoms with Crippen molar-refractivity contribution in [3.05, 3.63) is 77.2 Å². The molecule has 186 valence electrons. The van der Waals surface area contributed by atoms with E-state index in [1.807, 2.05) is 57.0 Å². The van der Waals surface area contributed by atoms with Crippen molar-refractivity contribution < 1.29 is 28.9 Å². The van der Waals surface area contributed by atoms with Crippen LogP contribution in [0.25, 0.3) is 22.4 Å². The molecule has 0 spiro atoms. The Morgan fingerprint density at radius 3 is 2.17 bits per heavy atom. The van der Waals surface area contributed by atoms with Gasteiger partial charge in [0.15, 0.2) is 5.60 Å². The van der Waals surface area contributed by atoms with Gasteiger partial charge in [-0.2, -0.15) is 4.89 Å². The molecule has 0 aliphatic carbocycles. The molecular weight excluding hydrogens is 480 g/mol. The fourth-order valence-corrected chi connectivity index (χ4v) is 5.34. The highest BCUT2D eigenvalue weighted by Gasteiger charge is 2.70. The average molecular weight is 509 g/mol. The van der Waals surface area contributed by atoms with Crippen LogP contribution in [0.2, 0.25) is 0 Å². The van der Waals surface area contributed by atoms with Gasteiger partial charge in [-0.1, -0.05) is 63.2 Å². The van der Waals surface area contributed by atoms with Gasteiger partial charge in [0.05, 0.1) is 11.4 Å². The first kappa shape index (κ1) is 27.2. The summed E-state index contributed by atoms with van der Waals surface area (Å²) in [6.07, 6.45) is 5.96. The molecule has 2 aromatic carbocycles. The maximum absolute atomic E-state index is 13.9. The zero-order chi connectivity index (χ0) is 26.8. The number of hydrogen-bond acceptors (Lipinski definition) is 4. The number of carbonyl (C=O) groups is 1. The number of carboxylic acid groups (broad SMARTS) is 1. The third-order valence-electron chi connectivity index (χ3n) is 6.40. The summed E-state index contributed by atoms with van der Waals surface area (Å²) >= 11 is 0. The van der Waals surface area contributed by atoms with Gasteiger partial charge < -0.3 is 10.2 Å². The Morgan fingerprint density at radius 1 is 1.14 bits per heavy atom. The summed E-state index contributed by atoms with van der Waals surface area (Å²) in [5.41, 5.74) is 0.734. The minimum atomic E-state index is -3.61. The van der Waals surface area contributed by atoms with Crippen molar-refractivity contribution in [1.29, 1.82) is 0 Å². The number of benzene rings is 2. The van der Waals surface area contributed by atoms with E-state index in [9.17, 15) is 28.9 Å². The molecule has 0 aliphatic rings. The van der Waals surface area contributed by atoms with Crippen molar-refractivity contribution in [2.75, 3.05) is 0 Å². The van der Waals surface area contributed by atoms with Gasteiger partial charge in [-0.3, -0.25) is 4.98 Å². The first-order chi connectivity index (χ1) is 16.9. The number of aliphatic hydroxyl groups is 1. The second-order valence-electron chi connectivity index (χ2n) is 8.96. The molecule has 3 atom stereocenters. The second kappa shape index (κ2) is 10.3. The predicted molar refractivity (Wildman–Crippen MR) is 137 cm³/mol. The number of hydrogen-bond donors (Lipinski definition) is 3. The molecule has 3 aromatic rings. The van der Waals surface area contributed by atoms with Gasteiger partial charge in [-0.25, -0.2) is 9.18 Å². The minimum Gasteiger partial charge on any atom is -0.477 e. The van der Waals surface area contributed by atoms with E-state index in [-0.39, 0.29) is 11.5 Å². The first-order valence-electron chi connectivity index (χ1n) is 11.4. The Balaban J connectivity index is 2.63. The van der Waals surface area contributed by atoms with Gasteiger partial charge in [0.2, 0.25) is 0 Å². The van der Waals surface area contributed by atoms with Crippen LogP contribution in [0.3, 0.4) is 0 Å². The van der Waals surface area contributed by atoms with E-state index in [2.05, 4.69) is 0 Å². The van der Waals surface area contributed by atoms with Crippen LogP contribution in [0.15, 0.2) is 54.6 Å². The molecule has 0 saturated carbocycles. The normalized spacial score (nSPS) is 15.0. The van der Waals surface area contributed by atoms with Crippen LogP contribution in [-0.2, 0) is 21.4 Å². The van der Waals surface area contributed by atoms with Crippen molar-refractivity contribution >= 4 is 14.0 Å². The number of aliphatic carboxylic acids is 1. The highest BCUT2D eigenvalue weighted by Crippen LogP contribution is 2.53. The molecule has 36 heavy (non-hydrogen) atoms. The number of halogens is 1. The van der Waals surface area contributed by atoms with Gasteiger partial charge in [-0.15, -0.1) is 6.42 Å². The third kappa shape index (κ3) is 4.33. The van der Waals surface area contributed by atoms with Crippen LogP contribution in [0, 0.1) is 18.2 Å². The van der Waals surface area contributed by atoms with E-state index >= 15 is 0 Å². The molecule has 3 N–H and O–H groups in total. The smallest absolute Gasteiger partial charge is 0.477 e. The van der Waals surface area contributed by atoms with Crippen molar-refractivity contribution in [2.24, 2.45) is 0 Å². The summed E-state index contributed by atoms with van der Waals surface area (Å²) in [7, 11) is -3.61. The first-order valence-corrected chi connectivity index (χ1v) is 12.6. The third-order valence-corrected chi connectivity index (χ3v) is 7.73. The highest BCUT2D eigenvalue weighted by molar-refractivity contribution is 7.42. The molecule has 1 aromatic heterocycles. The molecule has 0 saturated heterocycles. The van der Waals surface area contributed by atoms with Crippen LogP contribution in [0.5, 0.6) is 0 Å². The Bertz CT molecular complexity index is 1330. The average Bonchev–Trinajstić information content (AvgIpc) is 2.83. The molecule has 0 aliphatic heterocycles. The molecule has 1 heterocycles. The van der Waals surface area contributed by atoms with E-state index in [0.717, 1.165) is 12.5 Å². The summed E-state index contributed by atoms with van der Waals surface area (Å²) in [5, 5.41) is 19.2. The molecule has 0 radical (unpaired) electrons. The van der Waals surface area contributed by atoms with E-state index < -0.39 is 30.6 Å². The number of nitrogens with zero attached hydrogens (tertiary/aromatic N) is 1. The molecule has 0 amide bonds. The van der Waals surface area contributed by atoms with E-state index in [1.165, 1.54) is 24.3 Å². The molecule has 3 rings (SSSR count). The minimum absolute atomic E-state index is 0.0263. The van der Waals surface area contributed by atoms with Gasteiger partial charge >= 0.3 is 19.2 Å². The zero-order valence-corrected chi connectivity index (χ0v) is 21.4. The second-order valence-corrected chi connectivity index (χ2v) is 10.2. The summed E-state index contributed by atoms with van der Waals surface area (Å²) < 4.78 is 26.4. The number of pyridine rings is 1. The quantitative estimate of drug-likeness (QED) is 0.269. The van der Waals surface area contributed by atoms with Crippen molar-refractivity contribution in [3.8, 4) is 34.7 Å². The van der Waals surface area contributed by atoms with Crippen LogP contribution >= 0.6 is 8.03 Å². The molecule has 8 heteroatoms. The summed E-state index contributed by atoms with van der Waals surface area (Å²) in [6.45, 7) is 6.63. The number of terminal acetylenes is 1. The Morgan fingerprint density at radius 2 is 1.72 bits per heavy atom. The topological polar surface area (TPSA) is 108 Å². The lowest BCUT2D eigenvalue weighted by atomic mass is 9.74. The highest BCUT2D eigenvalue weighted by atomic mass is 31.1. The fraction of sp³-hybridized carbons (Fsp3) is 0.286. The van der Waals surface area contributed by atoms with Crippen LogP contribution in [-0.4, -0.2) is 31.2 Å². The predicted octanol–water partition coefficient (Wildman–Crippen LogP) is 5.64. The van der Waals surface area contributed by atoms with Crippen LogP contribution < -0.4 is 0 Å². The summed E-state index contributed by atoms with van der Waals surface area (Å²) in [6, 6.07) is 14.9. The van der Waals surface area contributed by atoms with Crippen molar-refractivity contribution in [1.82, 2.24) is 4.98 Å². The molecule has 0 fully saturated rings. The SMILES string of the molecule is C#CC(C(=O)O)([P+](=O)O)C(C)(O)c1c(C(C)C)nc(-c2ccccc2)c(CC)c1-c1ccc(F)cc1. The van der Waals surface area contributed by atoms with Crippen molar-refractivity contribution in [3.63, 3.8) is 0 Å². The molecule has 6 nitrogen and oxygen atoms in total. The fourth-order valence-electron chi connectivity index (χ4n) is 4.58. The maximum atomic E-state index is 13.9. The van der Waals surface area contributed by atoms with Crippen LogP contribution in [0.1, 0.15) is 50.4 Å². The number of rotatable bonds is 8. The van der Waals surface area contributed by atoms with E-state index in [0.29, 0.717) is 34.5 Å². The number of aromatic nitrogens is 1. The molecule has 0 bridgehead atoms. The van der Waals surface area contributed by atoms with E-state index in [4.69, 9.17) is 11.4 Å². The standard InChI is InChI=1S/C28H27FNO5P/c1-6-21-22(18-13-15-20(29)16-14-18)23(27(5,33)28(7-2,26(31)32)36(34)35)24(17(3)4)30-25(21)19-11-9-8-10-12-19/h2,8-17,33H,6H2,1,3-5H3,(H-,31,32,34,35)/p+1.